The first-order valence-corrected chi connectivity index (χ1v) is 7.28. The Labute approximate surface area is 137 Å². The lowest BCUT2D eigenvalue weighted by Crippen LogP contribution is -1.95. The minimum absolute atomic E-state index is 0.0330. The second-order valence-electron chi connectivity index (χ2n) is 4.45. The first kappa shape index (κ1) is 16.1. The van der Waals surface area contributed by atoms with Crippen molar-refractivity contribution in [2.45, 2.75) is 0 Å². The zero-order chi connectivity index (χ0) is 16.1. The van der Waals surface area contributed by atoms with Crippen molar-refractivity contribution >= 4 is 27.8 Å². The lowest BCUT2D eigenvalue weighted by Gasteiger charge is -2.08. The number of ether oxygens (including phenoxy) is 2. The van der Waals surface area contributed by atoms with Gasteiger partial charge >= 0.3 is 0 Å². The Morgan fingerprint density at radius 2 is 1.95 bits per heavy atom. The van der Waals surface area contributed by atoms with E-state index in [-0.39, 0.29) is 11.5 Å². The molecule has 0 unspecified atom stereocenters. The Morgan fingerprint density at radius 1 is 1.18 bits per heavy atom. The molecule has 2 aromatic carbocycles. The molecule has 0 saturated carbocycles. The summed E-state index contributed by atoms with van der Waals surface area (Å²) < 4.78 is 10.8. The van der Waals surface area contributed by atoms with Crippen LogP contribution in [0.1, 0.15) is 15.9 Å². The Bertz CT molecular complexity index is 723. The van der Waals surface area contributed by atoms with Gasteiger partial charge in [0, 0.05) is 5.56 Å². The topological polar surface area (TPSA) is 55.8 Å². The van der Waals surface area contributed by atoms with Gasteiger partial charge in [0.15, 0.2) is 17.3 Å². The number of hydrogen-bond donors (Lipinski definition) is 1. The lowest BCUT2D eigenvalue weighted by molar-refractivity contribution is 0.104. The van der Waals surface area contributed by atoms with E-state index >= 15 is 0 Å². The van der Waals surface area contributed by atoms with Gasteiger partial charge in [0.2, 0.25) is 0 Å². The van der Waals surface area contributed by atoms with E-state index in [1.54, 1.807) is 43.5 Å². The molecule has 0 amide bonds. The zero-order valence-electron chi connectivity index (χ0n) is 12.2. The molecule has 2 aromatic rings. The predicted molar refractivity (Wildman–Crippen MR) is 88.7 cm³/mol. The molecule has 0 bridgehead atoms. The Hall–Kier alpha value is -2.27. The first-order valence-electron chi connectivity index (χ1n) is 6.48. The highest BCUT2D eigenvalue weighted by Gasteiger charge is 2.10. The van der Waals surface area contributed by atoms with Gasteiger partial charge in [-0.05, 0) is 57.9 Å². The van der Waals surface area contributed by atoms with Crippen molar-refractivity contribution in [3.8, 4) is 17.2 Å². The molecule has 0 aromatic heterocycles. The lowest BCUT2D eigenvalue weighted by atomic mass is 10.1. The summed E-state index contributed by atoms with van der Waals surface area (Å²) in [4.78, 5) is 12.2. The van der Waals surface area contributed by atoms with Crippen LogP contribution in [0, 0.1) is 0 Å². The van der Waals surface area contributed by atoms with Gasteiger partial charge in [-0.2, -0.15) is 0 Å². The molecular formula is C17H15BrO4. The standard InChI is InChI=1S/C17H15BrO4/c1-21-13-5-3-4-12(10-13)14(19)8-6-11-7-9-15(20)17(22-2)16(11)18/h3-10,20H,1-2H3/b8-6+. The number of ketones is 1. The highest BCUT2D eigenvalue weighted by atomic mass is 79.9. The summed E-state index contributed by atoms with van der Waals surface area (Å²) >= 11 is 3.35. The summed E-state index contributed by atoms with van der Waals surface area (Å²) in [5.41, 5.74) is 1.27. The molecule has 5 heteroatoms. The van der Waals surface area contributed by atoms with Crippen LogP contribution >= 0.6 is 15.9 Å². The summed E-state index contributed by atoms with van der Waals surface area (Å²) in [5.74, 6) is 0.853. The van der Waals surface area contributed by atoms with Crippen LogP contribution in [-0.2, 0) is 0 Å². The number of aromatic hydroxyl groups is 1. The van der Waals surface area contributed by atoms with Crippen molar-refractivity contribution in [1.82, 2.24) is 0 Å². The van der Waals surface area contributed by atoms with E-state index in [0.717, 1.165) is 5.56 Å². The van der Waals surface area contributed by atoms with E-state index in [1.807, 2.05) is 0 Å². The van der Waals surface area contributed by atoms with Gasteiger partial charge in [-0.3, -0.25) is 4.79 Å². The second kappa shape index (κ2) is 7.13. The zero-order valence-corrected chi connectivity index (χ0v) is 13.8. The number of allylic oxidation sites excluding steroid dienone is 1. The van der Waals surface area contributed by atoms with E-state index in [0.29, 0.717) is 21.5 Å². The average molecular weight is 363 g/mol. The molecule has 0 heterocycles. The molecule has 0 saturated heterocycles. The second-order valence-corrected chi connectivity index (χ2v) is 5.24. The van der Waals surface area contributed by atoms with Crippen molar-refractivity contribution in [2.24, 2.45) is 0 Å². The van der Waals surface area contributed by atoms with Crippen LogP contribution in [0.4, 0.5) is 0 Å². The van der Waals surface area contributed by atoms with Gasteiger partial charge in [-0.1, -0.05) is 12.1 Å². The third-order valence-corrected chi connectivity index (χ3v) is 3.90. The van der Waals surface area contributed by atoms with Crippen LogP contribution in [-0.4, -0.2) is 25.1 Å². The number of carbonyl (C=O) groups excluding carboxylic acids is 1. The molecule has 0 spiro atoms. The maximum Gasteiger partial charge on any atom is 0.185 e. The van der Waals surface area contributed by atoms with Crippen molar-refractivity contribution < 1.29 is 19.4 Å². The molecule has 0 aliphatic heterocycles. The van der Waals surface area contributed by atoms with Crippen molar-refractivity contribution in [3.63, 3.8) is 0 Å². The molecule has 0 fully saturated rings. The summed E-state index contributed by atoms with van der Waals surface area (Å²) in [5, 5.41) is 9.67. The molecule has 22 heavy (non-hydrogen) atoms. The van der Waals surface area contributed by atoms with Gasteiger partial charge in [-0.25, -0.2) is 0 Å². The number of halogens is 1. The largest absolute Gasteiger partial charge is 0.504 e. The number of rotatable bonds is 5. The van der Waals surface area contributed by atoms with Gasteiger partial charge in [0.1, 0.15) is 5.75 Å². The van der Waals surface area contributed by atoms with Crippen molar-refractivity contribution in [1.29, 1.82) is 0 Å². The summed E-state index contributed by atoms with van der Waals surface area (Å²) in [6, 6.07) is 10.2. The minimum Gasteiger partial charge on any atom is -0.504 e. The molecule has 0 aliphatic carbocycles. The average Bonchev–Trinajstić information content (AvgIpc) is 2.54. The van der Waals surface area contributed by atoms with Gasteiger partial charge in [0.05, 0.1) is 18.7 Å². The fourth-order valence-corrected chi connectivity index (χ4v) is 2.55. The Morgan fingerprint density at radius 3 is 2.64 bits per heavy atom. The molecular weight excluding hydrogens is 348 g/mol. The summed E-state index contributed by atoms with van der Waals surface area (Å²) in [7, 11) is 3.02. The fraction of sp³-hybridized carbons (Fsp3) is 0.118. The van der Waals surface area contributed by atoms with E-state index in [4.69, 9.17) is 9.47 Å². The number of phenolic OH excluding ortho intramolecular Hbond substituents is 1. The van der Waals surface area contributed by atoms with E-state index in [9.17, 15) is 9.90 Å². The third kappa shape index (κ3) is 3.49. The highest BCUT2D eigenvalue weighted by molar-refractivity contribution is 9.10. The number of hydrogen-bond acceptors (Lipinski definition) is 4. The minimum atomic E-state index is -0.141. The van der Waals surface area contributed by atoms with Crippen LogP contribution in [0.3, 0.4) is 0 Å². The maximum absolute atomic E-state index is 12.2. The number of phenols is 1. The van der Waals surface area contributed by atoms with Crippen LogP contribution in [0.15, 0.2) is 46.9 Å². The molecule has 1 N–H and O–H groups in total. The predicted octanol–water partition coefficient (Wildman–Crippen LogP) is 4.07. The summed E-state index contributed by atoms with van der Waals surface area (Å²) in [6.07, 6.45) is 3.12. The van der Waals surface area contributed by atoms with Gasteiger partial charge < -0.3 is 14.6 Å². The van der Waals surface area contributed by atoms with Gasteiger partial charge in [0.25, 0.3) is 0 Å². The molecule has 0 atom stereocenters. The number of benzene rings is 2. The Balaban J connectivity index is 2.26. The number of carbonyl (C=O) groups is 1. The van der Waals surface area contributed by atoms with E-state index in [2.05, 4.69) is 15.9 Å². The SMILES string of the molecule is COc1cccc(C(=O)/C=C/c2ccc(O)c(OC)c2Br)c1. The number of methoxy groups -OCH3 is 2. The smallest absolute Gasteiger partial charge is 0.185 e. The monoisotopic (exact) mass is 362 g/mol. The fourth-order valence-electron chi connectivity index (χ4n) is 1.92. The van der Waals surface area contributed by atoms with Crippen molar-refractivity contribution in [3.05, 3.63) is 58.1 Å². The van der Waals surface area contributed by atoms with E-state index in [1.165, 1.54) is 19.3 Å². The molecule has 4 nitrogen and oxygen atoms in total. The molecule has 114 valence electrons. The molecule has 2 rings (SSSR count). The summed E-state index contributed by atoms with van der Waals surface area (Å²) in [6.45, 7) is 0. The quantitative estimate of drug-likeness (QED) is 0.643. The first-order chi connectivity index (χ1) is 10.6. The molecule has 0 aliphatic rings. The van der Waals surface area contributed by atoms with Crippen LogP contribution in [0.5, 0.6) is 17.2 Å². The normalized spacial score (nSPS) is 10.7. The van der Waals surface area contributed by atoms with Crippen molar-refractivity contribution in [2.75, 3.05) is 14.2 Å². The van der Waals surface area contributed by atoms with Crippen LogP contribution in [0.25, 0.3) is 6.08 Å². The third-order valence-electron chi connectivity index (χ3n) is 3.08. The highest BCUT2D eigenvalue weighted by Crippen LogP contribution is 2.37. The Kier molecular flexibility index (Phi) is 5.22. The maximum atomic E-state index is 12.2. The van der Waals surface area contributed by atoms with Gasteiger partial charge in [-0.15, -0.1) is 0 Å². The van der Waals surface area contributed by atoms with E-state index < -0.39 is 0 Å². The van der Waals surface area contributed by atoms with Crippen LogP contribution in [0.2, 0.25) is 0 Å². The van der Waals surface area contributed by atoms with Crippen LogP contribution < -0.4 is 9.47 Å². The molecule has 0 radical (unpaired) electrons.